The summed E-state index contributed by atoms with van der Waals surface area (Å²) in [6.45, 7) is 5.04. The molecule has 3 heterocycles. The molecule has 1 fully saturated rings. The Morgan fingerprint density at radius 2 is 1.95 bits per heavy atom. The second-order valence-corrected chi connectivity index (χ2v) is 5.55. The summed E-state index contributed by atoms with van der Waals surface area (Å²) in [5.74, 6) is 0.628. The second-order valence-electron chi connectivity index (χ2n) is 4.55. The fraction of sp³-hybridized carbons (Fsp3) is 0.385. The Morgan fingerprint density at radius 1 is 1.29 bits per heavy atom. The highest BCUT2D eigenvalue weighted by Crippen LogP contribution is 2.26. The molecule has 3 rings (SSSR count). The Morgan fingerprint density at radius 3 is 2.62 bits per heavy atom. The molecular formula is C13H16ClN5OS. The SMILES string of the molecule is Cc1nc(-c2ncccn2)sc1C(=O)N1CCNCC1.Cl. The average Bonchev–Trinajstić information content (AvgIpc) is 2.90. The summed E-state index contributed by atoms with van der Waals surface area (Å²) >= 11 is 1.37. The van der Waals surface area contributed by atoms with Crippen LogP contribution in [0, 0.1) is 6.92 Å². The predicted molar refractivity (Wildman–Crippen MR) is 83.9 cm³/mol. The van der Waals surface area contributed by atoms with E-state index in [4.69, 9.17) is 0 Å². The normalized spacial score (nSPS) is 14.6. The molecule has 1 N–H and O–H groups in total. The standard InChI is InChI=1S/C13H15N5OS.ClH/c1-9-10(13(19)18-7-5-14-6-8-18)20-12(17-9)11-15-3-2-4-16-11;/h2-4,14H,5-8H2,1H3;1H. The highest BCUT2D eigenvalue weighted by molar-refractivity contribution is 7.17. The third kappa shape index (κ3) is 3.37. The molecule has 21 heavy (non-hydrogen) atoms. The molecular weight excluding hydrogens is 310 g/mol. The minimum atomic E-state index is 0. The van der Waals surface area contributed by atoms with Crippen molar-refractivity contribution in [3.05, 3.63) is 29.0 Å². The van der Waals surface area contributed by atoms with E-state index in [-0.39, 0.29) is 18.3 Å². The van der Waals surface area contributed by atoms with Gasteiger partial charge in [-0.15, -0.1) is 23.7 Å². The van der Waals surface area contributed by atoms with Gasteiger partial charge in [0.25, 0.3) is 5.91 Å². The summed E-state index contributed by atoms with van der Waals surface area (Å²) in [5.41, 5.74) is 0.751. The lowest BCUT2D eigenvalue weighted by molar-refractivity contribution is 0.0740. The number of carbonyl (C=O) groups is 1. The lowest BCUT2D eigenvalue weighted by Gasteiger charge is -2.26. The number of nitrogens with zero attached hydrogens (tertiary/aromatic N) is 4. The summed E-state index contributed by atoms with van der Waals surface area (Å²) in [6, 6.07) is 1.76. The van der Waals surface area contributed by atoms with Gasteiger partial charge in [0.05, 0.1) is 5.69 Å². The molecule has 1 aliphatic heterocycles. The van der Waals surface area contributed by atoms with Crippen LogP contribution in [0.5, 0.6) is 0 Å². The topological polar surface area (TPSA) is 71.0 Å². The Labute approximate surface area is 133 Å². The van der Waals surface area contributed by atoms with E-state index >= 15 is 0 Å². The second kappa shape index (κ2) is 6.93. The van der Waals surface area contributed by atoms with Gasteiger partial charge in [0, 0.05) is 38.6 Å². The van der Waals surface area contributed by atoms with Crippen LogP contribution in [0.15, 0.2) is 18.5 Å². The van der Waals surface area contributed by atoms with Gasteiger partial charge in [-0.05, 0) is 13.0 Å². The molecule has 2 aromatic heterocycles. The number of halogens is 1. The fourth-order valence-corrected chi connectivity index (χ4v) is 3.09. The van der Waals surface area contributed by atoms with E-state index in [9.17, 15) is 4.79 Å². The van der Waals surface area contributed by atoms with E-state index in [1.54, 1.807) is 18.5 Å². The van der Waals surface area contributed by atoms with Crippen molar-refractivity contribution in [1.82, 2.24) is 25.2 Å². The minimum absolute atomic E-state index is 0. The molecule has 1 saturated heterocycles. The molecule has 0 aliphatic carbocycles. The molecule has 0 atom stereocenters. The minimum Gasteiger partial charge on any atom is -0.335 e. The number of piperazine rings is 1. The third-order valence-electron chi connectivity index (χ3n) is 3.15. The molecule has 8 heteroatoms. The smallest absolute Gasteiger partial charge is 0.265 e. The number of nitrogens with one attached hydrogen (secondary N) is 1. The van der Waals surface area contributed by atoms with Crippen LogP contribution in [0.2, 0.25) is 0 Å². The first-order valence-corrected chi connectivity index (χ1v) is 7.32. The Kier molecular flexibility index (Phi) is 5.22. The summed E-state index contributed by atoms with van der Waals surface area (Å²) in [5, 5.41) is 3.94. The molecule has 0 radical (unpaired) electrons. The van der Waals surface area contributed by atoms with Crippen molar-refractivity contribution in [1.29, 1.82) is 0 Å². The first-order chi connectivity index (χ1) is 9.75. The van der Waals surface area contributed by atoms with Crippen molar-refractivity contribution in [3.63, 3.8) is 0 Å². The van der Waals surface area contributed by atoms with Crippen LogP contribution in [0.25, 0.3) is 10.8 Å². The quantitative estimate of drug-likeness (QED) is 0.903. The van der Waals surface area contributed by atoms with Crippen molar-refractivity contribution < 1.29 is 4.79 Å². The number of thiazole rings is 1. The Bertz CT molecular complexity index is 612. The fourth-order valence-electron chi connectivity index (χ4n) is 2.11. The molecule has 6 nitrogen and oxygen atoms in total. The number of rotatable bonds is 2. The van der Waals surface area contributed by atoms with Gasteiger partial charge in [-0.2, -0.15) is 0 Å². The molecule has 2 aromatic rings. The third-order valence-corrected chi connectivity index (χ3v) is 4.29. The van der Waals surface area contributed by atoms with Gasteiger partial charge < -0.3 is 10.2 Å². The van der Waals surface area contributed by atoms with Gasteiger partial charge >= 0.3 is 0 Å². The van der Waals surface area contributed by atoms with Crippen molar-refractivity contribution in [3.8, 4) is 10.8 Å². The van der Waals surface area contributed by atoms with E-state index < -0.39 is 0 Å². The van der Waals surface area contributed by atoms with E-state index in [1.165, 1.54) is 11.3 Å². The largest absolute Gasteiger partial charge is 0.335 e. The highest BCUT2D eigenvalue weighted by Gasteiger charge is 2.23. The molecule has 0 saturated carbocycles. The van der Waals surface area contributed by atoms with Crippen LogP contribution in [0.4, 0.5) is 0 Å². The van der Waals surface area contributed by atoms with Crippen LogP contribution < -0.4 is 5.32 Å². The zero-order chi connectivity index (χ0) is 13.9. The van der Waals surface area contributed by atoms with Gasteiger partial charge in [0.15, 0.2) is 10.8 Å². The maximum absolute atomic E-state index is 12.5. The van der Waals surface area contributed by atoms with E-state index in [0.29, 0.717) is 15.7 Å². The number of hydrogen-bond acceptors (Lipinski definition) is 6. The summed E-state index contributed by atoms with van der Waals surface area (Å²) in [6.07, 6.45) is 3.35. The highest BCUT2D eigenvalue weighted by atomic mass is 35.5. The van der Waals surface area contributed by atoms with Crippen molar-refractivity contribution in [2.45, 2.75) is 6.92 Å². The maximum atomic E-state index is 12.5. The number of aromatic nitrogens is 3. The number of carbonyl (C=O) groups excluding carboxylic acids is 1. The van der Waals surface area contributed by atoms with Crippen molar-refractivity contribution in [2.75, 3.05) is 26.2 Å². The molecule has 1 amide bonds. The van der Waals surface area contributed by atoms with Gasteiger partial charge in [0.1, 0.15) is 4.88 Å². The van der Waals surface area contributed by atoms with Crippen LogP contribution in [-0.4, -0.2) is 51.9 Å². The lowest BCUT2D eigenvalue weighted by atomic mass is 10.3. The number of aryl methyl sites for hydroxylation is 1. The van der Waals surface area contributed by atoms with Crippen LogP contribution >= 0.6 is 23.7 Å². The van der Waals surface area contributed by atoms with Gasteiger partial charge in [-0.1, -0.05) is 0 Å². The summed E-state index contributed by atoms with van der Waals surface area (Å²) in [4.78, 5) is 27.8. The molecule has 0 bridgehead atoms. The number of amides is 1. The number of hydrogen-bond donors (Lipinski definition) is 1. The molecule has 112 valence electrons. The lowest BCUT2D eigenvalue weighted by Crippen LogP contribution is -2.46. The van der Waals surface area contributed by atoms with Crippen LogP contribution in [0.1, 0.15) is 15.4 Å². The predicted octanol–water partition coefficient (Wildman–Crippen LogP) is 1.38. The molecule has 0 unspecified atom stereocenters. The molecule has 0 spiro atoms. The van der Waals surface area contributed by atoms with Crippen LogP contribution in [0.3, 0.4) is 0 Å². The van der Waals surface area contributed by atoms with Gasteiger partial charge in [0.2, 0.25) is 0 Å². The average molecular weight is 326 g/mol. The first kappa shape index (κ1) is 15.8. The zero-order valence-corrected chi connectivity index (χ0v) is 13.2. The van der Waals surface area contributed by atoms with E-state index in [2.05, 4.69) is 20.3 Å². The van der Waals surface area contributed by atoms with Gasteiger partial charge in [-0.3, -0.25) is 4.79 Å². The molecule has 0 aromatic carbocycles. The molecule has 1 aliphatic rings. The Hall–Kier alpha value is -1.57. The van der Waals surface area contributed by atoms with Crippen molar-refractivity contribution in [2.24, 2.45) is 0 Å². The zero-order valence-electron chi connectivity index (χ0n) is 11.6. The summed E-state index contributed by atoms with van der Waals surface area (Å²) < 4.78 is 0. The maximum Gasteiger partial charge on any atom is 0.265 e. The summed E-state index contributed by atoms with van der Waals surface area (Å²) in [7, 11) is 0. The van der Waals surface area contributed by atoms with Gasteiger partial charge in [-0.25, -0.2) is 15.0 Å². The Balaban J connectivity index is 0.00000161. The van der Waals surface area contributed by atoms with Crippen molar-refractivity contribution >= 4 is 29.7 Å². The first-order valence-electron chi connectivity index (χ1n) is 6.50. The van der Waals surface area contributed by atoms with E-state index in [0.717, 1.165) is 31.9 Å². The van der Waals surface area contributed by atoms with E-state index in [1.807, 2.05) is 11.8 Å². The monoisotopic (exact) mass is 325 g/mol. The van der Waals surface area contributed by atoms with Crippen LogP contribution in [-0.2, 0) is 0 Å².